The fourth-order valence-corrected chi connectivity index (χ4v) is 2.14. The van der Waals surface area contributed by atoms with Crippen molar-refractivity contribution < 1.29 is 4.79 Å². The van der Waals surface area contributed by atoms with E-state index >= 15 is 0 Å². The van der Waals surface area contributed by atoms with Crippen LogP contribution in [-0.4, -0.2) is 10.9 Å². The number of nitrogens with zero attached hydrogens (tertiary/aromatic N) is 1. The van der Waals surface area contributed by atoms with Gasteiger partial charge in [-0.1, -0.05) is 32.9 Å². The van der Waals surface area contributed by atoms with Crippen molar-refractivity contribution in [3.63, 3.8) is 0 Å². The smallest absolute Gasteiger partial charge is 0.255 e. The van der Waals surface area contributed by atoms with Crippen molar-refractivity contribution in [3.8, 4) is 0 Å². The summed E-state index contributed by atoms with van der Waals surface area (Å²) in [7, 11) is 0. The van der Waals surface area contributed by atoms with E-state index in [0.717, 1.165) is 4.47 Å². The highest BCUT2D eigenvalue weighted by atomic mass is 79.9. The molecule has 0 fully saturated rings. The van der Waals surface area contributed by atoms with Crippen LogP contribution in [0, 0.1) is 0 Å². The third-order valence-corrected chi connectivity index (χ3v) is 3.67. The number of hydrogen-bond acceptors (Lipinski definition) is 2. The number of pyridine rings is 1. The lowest BCUT2D eigenvalue weighted by molar-refractivity contribution is 0.102. The van der Waals surface area contributed by atoms with Crippen LogP contribution in [0.1, 0.15) is 36.7 Å². The molecule has 0 saturated heterocycles. The molecule has 0 saturated carbocycles. The van der Waals surface area contributed by atoms with Crippen molar-refractivity contribution in [3.05, 3.63) is 58.3 Å². The first-order valence-electron chi connectivity index (χ1n) is 6.39. The maximum Gasteiger partial charge on any atom is 0.255 e. The molecule has 2 rings (SSSR count). The number of anilines is 1. The maximum absolute atomic E-state index is 12.2. The first kappa shape index (κ1) is 14.7. The minimum atomic E-state index is -0.127. The van der Waals surface area contributed by atoms with Crippen LogP contribution >= 0.6 is 15.9 Å². The zero-order valence-corrected chi connectivity index (χ0v) is 13.4. The van der Waals surface area contributed by atoms with Gasteiger partial charge in [0.25, 0.3) is 5.91 Å². The van der Waals surface area contributed by atoms with Gasteiger partial charge in [-0.15, -0.1) is 0 Å². The average Bonchev–Trinajstić information content (AvgIpc) is 2.40. The molecule has 0 unspecified atom stereocenters. The third kappa shape index (κ3) is 3.45. The molecule has 0 radical (unpaired) electrons. The topological polar surface area (TPSA) is 42.0 Å². The number of hydrogen-bond donors (Lipinski definition) is 1. The van der Waals surface area contributed by atoms with Gasteiger partial charge in [-0.2, -0.15) is 0 Å². The molecule has 0 bridgehead atoms. The summed E-state index contributed by atoms with van der Waals surface area (Å²) in [6.45, 7) is 6.45. The number of rotatable bonds is 2. The Labute approximate surface area is 127 Å². The van der Waals surface area contributed by atoms with Crippen molar-refractivity contribution in [1.82, 2.24) is 4.98 Å². The SMILES string of the molecule is CC(C)(C)c1ccc(C(=O)Nc2ccncc2Br)cc1. The van der Waals surface area contributed by atoms with E-state index in [1.165, 1.54) is 5.56 Å². The van der Waals surface area contributed by atoms with E-state index in [1.54, 1.807) is 18.5 Å². The average molecular weight is 333 g/mol. The normalized spacial score (nSPS) is 11.2. The minimum absolute atomic E-state index is 0.0864. The molecule has 0 aliphatic heterocycles. The van der Waals surface area contributed by atoms with Crippen molar-refractivity contribution in [1.29, 1.82) is 0 Å². The van der Waals surface area contributed by atoms with Gasteiger partial charge in [0, 0.05) is 18.0 Å². The number of amides is 1. The largest absolute Gasteiger partial charge is 0.321 e. The number of aromatic nitrogens is 1. The molecule has 1 aromatic heterocycles. The summed E-state index contributed by atoms with van der Waals surface area (Å²) in [5.74, 6) is -0.127. The van der Waals surface area contributed by atoms with E-state index in [9.17, 15) is 4.79 Å². The Morgan fingerprint density at radius 3 is 2.35 bits per heavy atom. The highest BCUT2D eigenvalue weighted by molar-refractivity contribution is 9.10. The Kier molecular flexibility index (Phi) is 4.23. The molecular weight excluding hydrogens is 316 g/mol. The molecule has 1 aromatic carbocycles. The van der Waals surface area contributed by atoms with E-state index in [1.807, 2.05) is 24.3 Å². The lowest BCUT2D eigenvalue weighted by atomic mass is 9.87. The Hall–Kier alpha value is -1.68. The van der Waals surface area contributed by atoms with Gasteiger partial charge in [0.1, 0.15) is 0 Å². The minimum Gasteiger partial charge on any atom is -0.321 e. The number of benzene rings is 1. The highest BCUT2D eigenvalue weighted by Gasteiger charge is 2.14. The number of nitrogens with one attached hydrogen (secondary N) is 1. The van der Waals surface area contributed by atoms with E-state index in [2.05, 4.69) is 47.0 Å². The van der Waals surface area contributed by atoms with Crippen LogP contribution < -0.4 is 5.32 Å². The second-order valence-electron chi connectivity index (χ2n) is 5.64. The third-order valence-electron chi connectivity index (χ3n) is 3.03. The number of carbonyl (C=O) groups is 1. The Bertz CT molecular complexity index is 615. The van der Waals surface area contributed by atoms with Crippen LogP contribution in [0.3, 0.4) is 0 Å². The van der Waals surface area contributed by atoms with Crippen molar-refractivity contribution in [2.45, 2.75) is 26.2 Å². The fourth-order valence-electron chi connectivity index (χ4n) is 1.79. The highest BCUT2D eigenvalue weighted by Crippen LogP contribution is 2.23. The second-order valence-corrected chi connectivity index (χ2v) is 6.49. The predicted molar refractivity (Wildman–Crippen MR) is 85.0 cm³/mol. The Balaban J connectivity index is 2.16. The molecular formula is C16H17BrN2O. The summed E-state index contributed by atoms with van der Waals surface area (Å²) in [5.41, 5.74) is 2.65. The van der Waals surface area contributed by atoms with Crippen molar-refractivity contribution in [2.75, 3.05) is 5.32 Å². The van der Waals surface area contributed by atoms with Crippen LogP contribution in [0.2, 0.25) is 0 Å². The van der Waals surface area contributed by atoms with Gasteiger partial charge in [-0.3, -0.25) is 9.78 Å². The van der Waals surface area contributed by atoms with Crippen LogP contribution in [0.4, 0.5) is 5.69 Å². The van der Waals surface area contributed by atoms with Gasteiger partial charge < -0.3 is 5.32 Å². The molecule has 0 aliphatic carbocycles. The molecule has 1 amide bonds. The molecule has 1 heterocycles. The van der Waals surface area contributed by atoms with Crippen LogP contribution in [0.25, 0.3) is 0 Å². The van der Waals surface area contributed by atoms with Crippen LogP contribution in [0.5, 0.6) is 0 Å². The first-order chi connectivity index (χ1) is 9.38. The van der Waals surface area contributed by atoms with Gasteiger partial charge in [0.15, 0.2) is 0 Å². The van der Waals surface area contributed by atoms with Gasteiger partial charge in [0.2, 0.25) is 0 Å². The lowest BCUT2D eigenvalue weighted by Gasteiger charge is -2.19. The molecule has 3 nitrogen and oxygen atoms in total. The van der Waals surface area contributed by atoms with Crippen molar-refractivity contribution in [2.24, 2.45) is 0 Å². The zero-order valence-electron chi connectivity index (χ0n) is 11.8. The van der Waals surface area contributed by atoms with E-state index in [4.69, 9.17) is 0 Å². The maximum atomic E-state index is 12.2. The molecule has 4 heteroatoms. The van der Waals surface area contributed by atoms with Crippen molar-refractivity contribution >= 4 is 27.5 Å². The molecule has 20 heavy (non-hydrogen) atoms. The quantitative estimate of drug-likeness (QED) is 0.885. The van der Waals surface area contributed by atoms with Gasteiger partial charge in [-0.05, 0) is 45.1 Å². The Morgan fingerprint density at radius 1 is 1.15 bits per heavy atom. The molecule has 2 aromatic rings. The van der Waals surface area contributed by atoms with E-state index in [0.29, 0.717) is 11.3 Å². The van der Waals surface area contributed by atoms with Crippen LogP contribution in [-0.2, 0) is 5.41 Å². The van der Waals surface area contributed by atoms with Gasteiger partial charge in [-0.25, -0.2) is 0 Å². The lowest BCUT2D eigenvalue weighted by Crippen LogP contribution is -2.14. The molecule has 0 atom stereocenters. The molecule has 0 aliphatic rings. The molecule has 1 N–H and O–H groups in total. The monoisotopic (exact) mass is 332 g/mol. The summed E-state index contributed by atoms with van der Waals surface area (Å²) >= 11 is 3.36. The molecule has 104 valence electrons. The standard InChI is InChI=1S/C16H17BrN2O/c1-16(2,3)12-6-4-11(5-7-12)15(20)19-14-8-9-18-10-13(14)17/h4-10H,1-3H3,(H,18,19,20). The van der Waals surface area contributed by atoms with Gasteiger partial charge in [0.05, 0.1) is 10.2 Å². The fraction of sp³-hybridized carbons (Fsp3) is 0.250. The summed E-state index contributed by atoms with van der Waals surface area (Å²) in [6, 6.07) is 9.45. The molecule has 0 spiro atoms. The first-order valence-corrected chi connectivity index (χ1v) is 7.18. The number of carbonyl (C=O) groups excluding carboxylic acids is 1. The predicted octanol–water partition coefficient (Wildman–Crippen LogP) is 4.39. The van der Waals surface area contributed by atoms with E-state index in [-0.39, 0.29) is 11.3 Å². The summed E-state index contributed by atoms with van der Waals surface area (Å²) in [4.78, 5) is 16.1. The zero-order chi connectivity index (χ0) is 14.8. The van der Waals surface area contributed by atoms with Crippen LogP contribution in [0.15, 0.2) is 47.2 Å². The number of halogens is 1. The summed E-state index contributed by atoms with van der Waals surface area (Å²) < 4.78 is 0.764. The Morgan fingerprint density at radius 2 is 1.80 bits per heavy atom. The summed E-state index contributed by atoms with van der Waals surface area (Å²) in [5, 5.41) is 2.86. The van der Waals surface area contributed by atoms with Gasteiger partial charge >= 0.3 is 0 Å². The second kappa shape index (κ2) is 5.75. The summed E-state index contributed by atoms with van der Waals surface area (Å²) in [6.07, 6.45) is 3.29. The van der Waals surface area contributed by atoms with E-state index < -0.39 is 0 Å².